The lowest BCUT2D eigenvalue weighted by Crippen LogP contribution is -2.33. The number of anilines is 1. The first kappa shape index (κ1) is 17.9. The Bertz CT molecular complexity index is 1190. The largest absolute Gasteiger partial charge is 0.343 e. The molecule has 0 aliphatic heterocycles. The van der Waals surface area contributed by atoms with Crippen molar-refractivity contribution in [1.29, 1.82) is 0 Å². The number of benzene rings is 3. The number of nitrogens with zero attached hydrogens (tertiary/aromatic N) is 1. The Morgan fingerprint density at radius 1 is 0.929 bits per heavy atom. The second-order valence-electron chi connectivity index (χ2n) is 6.28. The molecule has 0 spiro atoms. The Labute approximate surface area is 166 Å². The predicted octanol–water partition coefficient (Wildman–Crippen LogP) is 4.41. The summed E-state index contributed by atoms with van der Waals surface area (Å²) in [4.78, 5) is 29.3. The van der Waals surface area contributed by atoms with E-state index in [0.717, 1.165) is 16.2 Å². The van der Waals surface area contributed by atoms with Gasteiger partial charge in [-0.3, -0.25) is 14.6 Å². The van der Waals surface area contributed by atoms with Crippen molar-refractivity contribution >= 4 is 50.8 Å². The van der Waals surface area contributed by atoms with Crippen molar-refractivity contribution in [3.8, 4) is 0 Å². The van der Waals surface area contributed by atoms with Gasteiger partial charge in [-0.05, 0) is 47.2 Å². The summed E-state index contributed by atoms with van der Waals surface area (Å²) in [5.41, 5.74) is 1.66. The summed E-state index contributed by atoms with van der Waals surface area (Å²) in [6, 6.07) is 20.2. The van der Waals surface area contributed by atoms with Gasteiger partial charge >= 0.3 is 0 Å². The number of fused-ring (bicyclic) bond motifs is 3. The third-order valence-electron chi connectivity index (χ3n) is 4.40. The van der Waals surface area contributed by atoms with Crippen LogP contribution in [0.5, 0.6) is 0 Å². The quantitative estimate of drug-likeness (QED) is 0.508. The van der Waals surface area contributed by atoms with E-state index in [2.05, 4.69) is 15.6 Å². The number of amides is 2. The zero-order valence-corrected chi connectivity index (χ0v) is 15.5. The van der Waals surface area contributed by atoms with Gasteiger partial charge in [0.05, 0.1) is 17.6 Å². The lowest BCUT2D eigenvalue weighted by molar-refractivity contribution is -0.115. The second kappa shape index (κ2) is 7.66. The number of halogens is 1. The number of carbonyl (C=O) groups excluding carboxylic acids is 2. The van der Waals surface area contributed by atoms with Crippen molar-refractivity contribution in [3.05, 3.63) is 83.5 Å². The minimum atomic E-state index is -0.347. The van der Waals surface area contributed by atoms with Crippen molar-refractivity contribution in [2.75, 3.05) is 11.9 Å². The van der Waals surface area contributed by atoms with Crippen molar-refractivity contribution < 1.29 is 9.59 Å². The SMILES string of the molecule is O=C(CNC(=O)c1cc2ccccc2c2cccnc12)Nc1ccc(Cl)cc1. The molecular formula is C22H16ClN3O2. The van der Waals surface area contributed by atoms with Gasteiger partial charge in [-0.15, -0.1) is 0 Å². The molecule has 4 aromatic rings. The summed E-state index contributed by atoms with van der Waals surface area (Å²) >= 11 is 5.83. The van der Waals surface area contributed by atoms with Gasteiger partial charge in [-0.25, -0.2) is 0 Å². The smallest absolute Gasteiger partial charge is 0.253 e. The van der Waals surface area contributed by atoms with Crippen molar-refractivity contribution in [3.63, 3.8) is 0 Å². The molecular weight excluding hydrogens is 374 g/mol. The van der Waals surface area contributed by atoms with Crippen LogP contribution >= 0.6 is 11.6 Å². The maximum atomic E-state index is 12.8. The van der Waals surface area contributed by atoms with E-state index in [9.17, 15) is 9.59 Å². The minimum Gasteiger partial charge on any atom is -0.343 e. The first-order valence-electron chi connectivity index (χ1n) is 8.72. The van der Waals surface area contributed by atoms with E-state index in [1.54, 1.807) is 36.5 Å². The van der Waals surface area contributed by atoms with Gasteiger partial charge in [-0.1, -0.05) is 41.9 Å². The maximum Gasteiger partial charge on any atom is 0.253 e. The highest BCUT2D eigenvalue weighted by atomic mass is 35.5. The van der Waals surface area contributed by atoms with Crippen LogP contribution < -0.4 is 10.6 Å². The topological polar surface area (TPSA) is 71.1 Å². The van der Waals surface area contributed by atoms with E-state index in [1.807, 2.05) is 36.4 Å². The molecule has 1 aromatic heterocycles. The third-order valence-corrected chi connectivity index (χ3v) is 4.65. The molecule has 0 saturated carbocycles. The van der Waals surface area contributed by atoms with Crippen LogP contribution in [0.15, 0.2) is 72.9 Å². The number of carbonyl (C=O) groups is 2. The van der Waals surface area contributed by atoms with Crippen LogP contribution in [0.1, 0.15) is 10.4 Å². The average molecular weight is 390 g/mol. The molecule has 1 heterocycles. The van der Waals surface area contributed by atoms with Crippen molar-refractivity contribution in [2.45, 2.75) is 0 Å². The number of aromatic nitrogens is 1. The minimum absolute atomic E-state index is 0.150. The van der Waals surface area contributed by atoms with Crippen LogP contribution in [-0.2, 0) is 4.79 Å². The molecule has 0 aliphatic carbocycles. The molecule has 0 saturated heterocycles. The summed E-state index contributed by atoms with van der Waals surface area (Å²) in [7, 11) is 0. The lowest BCUT2D eigenvalue weighted by Gasteiger charge is -2.10. The zero-order chi connectivity index (χ0) is 19.5. The normalized spacial score (nSPS) is 10.8. The molecule has 0 unspecified atom stereocenters. The number of hydrogen-bond donors (Lipinski definition) is 2. The standard InChI is InChI=1S/C22H16ClN3O2/c23-15-7-9-16(10-8-15)26-20(27)13-25-22(28)19-12-14-4-1-2-5-17(14)18-6-3-11-24-21(18)19/h1-12H,13H2,(H,25,28)(H,26,27). The first-order chi connectivity index (χ1) is 13.6. The van der Waals surface area contributed by atoms with E-state index in [1.165, 1.54) is 0 Å². The first-order valence-corrected chi connectivity index (χ1v) is 9.10. The molecule has 0 aliphatic rings. The molecule has 0 fully saturated rings. The summed E-state index contributed by atoms with van der Waals surface area (Å²) < 4.78 is 0. The van der Waals surface area contributed by atoms with Crippen molar-refractivity contribution in [2.24, 2.45) is 0 Å². The van der Waals surface area contributed by atoms with E-state index >= 15 is 0 Å². The fourth-order valence-corrected chi connectivity index (χ4v) is 3.22. The van der Waals surface area contributed by atoms with Crippen LogP contribution in [0, 0.1) is 0 Å². The fourth-order valence-electron chi connectivity index (χ4n) is 3.10. The predicted molar refractivity (Wildman–Crippen MR) is 112 cm³/mol. The summed E-state index contributed by atoms with van der Waals surface area (Å²) in [6.07, 6.45) is 1.65. The molecule has 5 nitrogen and oxygen atoms in total. The highest BCUT2D eigenvalue weighted by molar-refractivity contribution is 6.30. The zero-order valence-electron chi connectivity index (χ0n) is 14.8. The van der Waals surface area contributed by atoms with Gasteiger partial charge in [0.25, 0.3) is 5.91 Å². The van der Waals surface area contributed by atoms with Gasteiger partial charge in [0.1, 0.15) is 0 Å². The van der Waals surface area contributed by atoms with Gasteiger partial charge in [0.2, 0.25) is 5.91 Å². The van der Waals surface area contributed by atoms with E-state index in [0.29, 0.717) is 21.8 Å². The highest BCUT2D eigenvalue weighted by Gasteiger charge is 2.15. The van der Waals surface area contributed by atoms with Crippen LogP contribution in [-0.4, -0.2) is 23.3 Å². The Hall–Kier alpha value is -3.44. The number of rotatable bonds is 4. The molecule has 0 bridgehead atoms. The number of pyridine rings is 1. The van der Waals surface area contributed by atoms with Gasteiger partial charge in [0, 0.05) is 22.3 Å². The molecule has 28 heavy (non-hydrogen) atoms. The molecule has 4 rings (SSSR count). The van der Waals surface area contributed by atoms with Crippen LogP contribution in [0.3, 0.4) is 0 Å². The Morgan fingerprint density at radius 3 is 2.50 bits per heavy atom. The lowest BCUT2D eigenvalue weighted by atomic mass is 10.0. The molecule has 2 N–H and O–H groups in total. The van der Waals surface area contributed by atoms with Gasteiger partial charge in [0.15, 0.2) is 0 Å². The van der Waals surface area contributed by atoms with Gasteiger partial charge < -0.3 is 10.6 Å². The van der Waals surface area contributed by atoms with Gasteiger partial charge in [-0.2, -0.15) is 0 Å². The molecule has 0 radical (unpaired) electrons. The third kappa shape index (κ3) is 3.66. The maximum absolute atomic E-state index is 12.8. The highest BCUT2D eigenvalue weighted by Crippen LogP contribution is 2.27. The van der Waals surface area contributed by atoms with Crippen LogP contribution in [0.2, 0.25) is 5.02 Å². The Kier molecular flexibility index (Phi) is 4.91. The molecule has 6 heteroatoms. The summed E-state index contributed by atoms with van der Waals surface area (Å²) in [5, 5.41) is 8.84. The Balaban J connectivity index is 1.55. The van der Waals surface area contributed by atoms with E-state index in [-0.39, 0.29) is 18.4 Å². The monoisotopic (exact) mass is 389 g/mol. The summed E-state index contributed by atoms with van der Waals surface area (Å²) in [6.45, 7) is -0.150. The molecule has 0 atom stereocenters. The molecule has 2 amide bonds. The molecule has 3 aromatic carbocycles. The van der Waals surface area contributed by atoms with Crippen LogP contribution in [0.4, 0.5) is 5.69 Å². The van der Waals surface area contributed by atoms with E-state index < -0.39 is 0 Å². The van der Waals surface area contributed by atoms with E-state index in [4.69, 9.17) is 11.6 Å². The van der Waals surface area contributed by atoms with Crippen molar-refractivity contribution in [1.82, 2.24) is 10.3 Å². The average Bonchev–Trinajstić information content (AvgIpc) is 2.73. The Morgan fingerprint density at radius 2 is 1.68 bits per heavy atom. The number of hydrogen-bond acceptors (Lipinski definition) is 3. The van der Waals surface area contributed by atoms with Crippen LogP contribution in [0.25, 0.3) is 21.7 Å². The second-order valence-corrected chi connectivity index (χ2v) is 6.72. The molecule has 138 valence electrons. The summed E-state index contributed by atoms with van der Waals surface area (Å²) in [5.74, 6) is -0.672. The number of nitrogens with one attached hydrogen (secondary N) is 2. The fraction of sp³-hybridized carbons (Fsp3) is 0.0455.